The molecule has 1 spiro atoms. The van der Waals surface area contributed by atoms with Crippen LogP contribution in [0.5, 0.6) is 11.5 Å². The number of methoxy groups -OCH3 is 1. The minimum absolute atomic E-state index is 0.111. The Bertz CT molecular complexity index is 1520. The molecule has 248 valence electrons. The van der Waals surface area contributed by atoms with E-state index in [4.69, 9.17) is 37.4 Å². The minimum atomic E-state index is -0.837. The molecule has 2 amide bonds. The lowest BCUT2D eigenvalue weighted by atomic mass is 9.69. The fourth-order valence-electron chi connectivity index (χ4n) is 6.55. The van der Waals surface area contributed by atoms with E-state index < -0.39 is 30.1 Å². The predicted octanol–water partition coefficient (Wildman–Crippen LogP) is 4.86. The number of esters is 1. The summed E-state index contributed by atoms with van der Waals surface area (Å²) in [5, 5.41) is 9.29. The second-order valence-electron chi connectivity index (χ2n) is 12.8. The molecule has 5 rings (SSSR count). The van der Waals surface area contributed by atoms with Gasteiger partial charge in [-0.25, -0.2) is 0 Å². The van der Waals surface area contributed by atoms with E-state index in [1.807, 2.05) is 26.0 Å². The summed E-state index contributed by atoms with van der Waals surface area (Å²) in [6.07, 6.45) is 5.09. The second-order valence-corrected chi connectivity index (χ2v) is 13.6. The molecule has 2 aromatic carbocycles. The number of nitrogens with one attached hydrogen (secondary N) is 3. The first-order valence-corrected chi connectivity index (χ1v) is 16.4. The van der Waals surface area contributed by atoms with Gasteiger partial charge in [-0.2, -0.15) is 0 Å². The standard InChI is InChI=1S/C34H42Cl2N4O6/c1-19(2)14-26(39-32(42)20(3)38-22-7-8-24(35)25(36)15-22)33(43)37-17-29(41)45-23-10-11-34-12-13-40(4)18-21-6-9-27(44-5)31(30(21)34)46-28(34)16-23/h6-11,15,19-20,23,26,28,38H,12-14,16-18H2,1-5H3,(H,37,43)(H,39,42)/t20?,23-,26?,28-,34-/m0/s1. The third-order valence-corrected chi connectivity index (χ3v) is 9.59. The number of halogens is 2. The van der Waals surface area contributed by atoms with Crippen molar-refractivity contribution in [1.29, 1.82) is 0 Å². The lowest BCUT2D eigenvalue weighted by Crippen LogP contribution is -2.52. The summed E-state index contributed by atoms with van der Waals surface area (Å²) in [7, 11) is 3.75. The van der Waals surface area contributed by atoms with Gasteiger partial charge in [0, 0.05) is 24.2 Å². The molecular weight excluding hydrogens is 631 g/mol. The van der Waals surface area contributed by atoms with Crippen molar-refractivity contribution in [3.63, 3.8) is 0 Å². The zero-order chi connectivity index (χ0) is 33.2. The maximum Gasteiger partial charge on any atom is 0.326 e. The Hall–Kier alpha value is -3.47. The molecule has 0 saturated heterocycles. The number of hydrogen-bond acceptors (Lipinski definition) is 8. The Kier molecular flexibility index (Phi) is 10.4. The number of amides is 2. The van der Waals surface area contributed by atoms with E-state index >= 15 is 0 Å². The zero-order valence-electron chi connectivity index (χ0n) is 26.8. The summed E-state index contributed by atoms with van der Waals surface area (Å²) < 4.78 is 17.9. The van der Waals surface area contributed by atoms with E-state index in [0.717, 1.165) is 30.8 Å². The van der Waals surface area contributed by atoms with Crippen LogP contribution in [0.1, 0.15) is 51.2 Å². The van der Waals surface area contributed by atoms with Gasteiger partial charge in [-0.3, -0.25) is 14.4 Å². The number of carbonyl (C=O) groups is 3. The maximum atomic E-state index is 13.2. The van der Waals surface area contributed by atoms with Gasteiger partial charge in [-0.05, 0) is 75.2 Å². The van der Waals surface area contributed by atoms with Crippen LogP contribution in [0.2, 0.25) is 10.0 Å². The van der Waals surface area contributed by atoms with Crippen LogP contribution in [0.4, 0.5) is 5.69 Å². The van der Waals surface area contributed by atoms with Gasteiger partial charge in [-0.1, -0.05) is 49.2 Å². The Morgan fingerprint density at radius 3 is 2.61 bits per heavy atom. The van der Waals surface area contributed by atoms with Crippen molar-refractivity contribution >= 4 is 46.7 Å². The van der Waals surface area contributed by atoms with E-state index in [1.165, 1.54) is 5.56 Å². The molecular formula is C34H42Cl2N4O6. The van der Waals surface area contributed by atoms with Crippen LogP contribution in [0.3, 0.4) is 0 Å². The molecule has 2 aliphatic heterocycles. The third-order valence-electron chi connectivity index (χ3n) is 8.86. The van der Waals surface area contributed by atoms with Crippen LogP contribution in [0, 0.1) is 5.92 Å². The molecule has 2 aromatic rings. The van der Waals surface area contributed by atoms with Crippen LogP contribution in [-0.2, 0) is 31.1 Å². The number of hydrogen-bond donors (Lipinski definition) is 3. The number of rotatable bonds is 11. The number of ether oxygens (including phenoxy) is 3. The Balaban J connectivity index is 1.18. The SMILES string of the molecule is COc1ccc2c3c1O[C@H]1C[C@@H](OC(=O)CNC(=O)C(CC(C)C)NC(=O)C(C)Nc4ccc(Cl)c(Cl)c4)C=C[C@@]31CCN(C)C2. The highest BCUT2D eigenvalue weighted by atomic mass is 35.5. The molecule has 0 radical (unpaired) electrons. The molecule has 46 heavy (non-hydrogen) atoms. The first-order valence-electron chi connectivity index (χ1n) is 15.6. The highest BCUT2D eigenvalue weighted by molar-refractivity contribution is 6.42. The van der Waals surface area contributed by atoms with Gasteiger partial charge in [0.15, 0.2) is 11.5 Å². The van der Waals surface area contributed by atoms with E-state index in [-0.39, 0.29) is 29.9 Å². The van der Waals surface area contributed by atoms with Gasteiger partial charge in [0.05, 0.1) is 22.6 Å². The molecule has 0 aromatic heterocycles. The first-order chi connectivity index (χ1) is 21.9. The average molecular weight is 674 g/mol. The van der Waals surface area contributed by atoms with Crippen molar-refractivity contribution in [3.05, 3.63) is 63.7 Å². The third kappa shape index (κ3) is 7.24. The minimum Gasteiger partial charge on any atom is -0.493 e. The first kappa shape index (κ1) is 33.9. The largest absolute Gasteiger partial charge is 0.493 e. The Morgan fingerprint density at radius 2 is 1.89 bits per heavy atom. The summed E-state index contributed by atoms with van der Waals surface area (Å²) in [6, 6.07) is 7.52. The number of anilines is 1. The van der Waals surface area contributed by atoms with Crippen molar-refractivity contribution in [3.8, 4) is 11.5 Å². The van der Waals surface area contributed by atoms with E-state index in [2.05, 4.69) is 40.0 Å². The summed E-state index contributed by atoms with van der Waals surface area (Å²) in [5.41, 5.74) is 2.66. The van der Waals surface area contributed by atoms with Crippen LogP contribution >= 0.6 is 23.2 Å². The molecule has 0 fully saturated rings. The van der Waals surface area contributed by atoms with Crippen molar-refractivity contribution in [2.75, 3.05) is 32.6 Å². The van der Waals surface area contributed by atoms with Crippen molar-refractivity contribution in [2.24, 2.45) is 5.92 Å². The molecule has 3 aliphatic rings. The summed E-state index contributed by atoms with van der Waals surface area (Å²) in [5.74, 6) is 0.166. The Morgan fingerprint density at radius 1 is 1.11 bits per heavy atom. The van der Waals surface area contributed by atoms with Crippen LogP contribution in [0.25, 0.3) is 0 Å². The van der Waals surface area contributed by atoms with Gasteiger partial charge in [0.25, 0.3) is 0 Å². The summed E-state index contributed by atoms with van der Waals surface area (Å²) >= 11 is 12.1. The fourth-order valence-corrected chi connectivity index (χ4v) is 6.84. The van der Waals surface area contributed by atoms with Gasteiger partial charge in [0.2, 0.25) is 11.8 Å². The number of carbonyl (C=O) groups excluding carboxylic acids is 3. The summed E-state index contributed by atoms with van der Waals surface area (Å²) in [4.78, 5) is 41.4. The van der Waals surface area contributed by atoms with E-state index in [9.17, 15) is 14.4 Å². The molecule has 0 bridgehead atoms. The molecule has 10 nitrogen and oxygen atoms in total. The monoisotopic (exact) mass is 672 g/mol. The van der Waals surface area contributed by atoms with Gasteiger partial charge < -0.3 is 35.1 Å². The summed E-state index contributed by atoms with van der Waals surface area (Å²) in [6.45, 7) is 6.97. The smallest absolute Gasteiger partial charge is 0.326 e. The van der Waals surface area contributed by atoms with E-state index in [1.54, 1.807) is 32.2 Å². The van der Waals surface area contributed by atoms with E-state index in [0.29, 0.717) is 34.3 Å². The molecule has 2 heterocycles. The second kappa shape index (κ2) is 14.1. The zero-order valence-corrected chi connectivity index (χ0v) is 28.3. The molecule has 5 atom stereocenters. The highest BCUT2D eigenvalue weighted by Crippen LogP contribution is 2.55. The topological polar surface area (TPSA) is 118 Å². The van der Waals surface area contributed by atoms with Gasteiger partial charge in [-0.15, -0.1) is 0 Å². The lowest BCUT2D eigenvalue weighted by Gasteiger charge is -2.36. The predicted molar refractivity (Wildman–Crippen MR) is 178 cm³/mol. The fraction of sp³-hybridized carbons (Fsp3) is 0.500. The molecule has 0 saturated carbocycles. The van der Waals surface area contributed by atoms with Crippen LogP contribution < -0.4 is 25.4 Å². The quantitative estimate of drug-likeness (QED) is 0.229. The average Bonchev–Trinajstić information content (AvgIpc) is 3.27. The van der Waals surface area contributed by atoms with Gasteiger partial charge in [0.1, 0.15) is 30.8 Å². The normalized spacial score (nSPS) is 22.9. The van der Waals surface area contributed by atoms with Crippen molar-refractivity contribution in [1.82, 2.24) is 15.5 Å². The molecule has 2 unspecified atom stereocenters. The maximum absolute atomic E-state index is 13.2. The number of nitrogens with zero attached hydrogens (tertiary/aromatic N) is 1. The van der Waals surface area contributed by atoms with Crippen molar-refractivity contribution in [2.45, 2.75) is 76.3 Å². The Labute approximate surface area is 280 Å². The molecule has 3 N–H and O–H groups in total. The van der Waals surface area contributed by atoms with Gasteiger partial charge >= 0.3 is 5.97 Å². The highest BCUT2D eigenvalue weighted by Gasteiger charge is 2.53. The van der Waals surface area contributed by atoms with Crippen LogP contribution in [0.15, 0.2) is 42.5 Å². The van der Waals surface area contributed by atoms with Crippen LogP contribution in [-0.4, -0.2) is 74.2 Å². The molecule has 1 aliphatic carbocycles. The lowest BCUT2D eigenvalue weighted by molar-refractivity contribution is -0.148. The number of benzene rings is 2. The molecule has 12 heteroatoms. The van der Waals surface area contributed by atoms with Crippen molar-refractivity contribution < 1.29 is 28.6 Å².